The van der Waals surface area contributed by atoms with Crippen LogP contribution in [0.3, 0.4) is 0 Å². The highest BCUT2D eigenvalue weighted by molar-refractivity contribution is 9.10. The van der Waals surface area contributed by atoms with Gasteiger partial charge in [0, 0.05) is 36.2 Å². The molecule has 2 unspecified atom stereocenters. The van der Waals surface area contributed by atoms with Gasteiger partial charge in [-0.2, -0.15) is 0 Å². The third-order valence-electron chi connectivity index (χ3n) is 3.79. The molecule has 1 aliphatic rings. The van der Waals surface area contributed by atoms with Gasteiger partial charge in [-0.3, -0.25) is 4.90 Å². The maximum atomic E-state index is 5.86. The number of hydrogen-bond acceptors (Lipinski definition) is 3. The Kier molecular flexibility index (Phi) is 6.33. The summed E-state index contributed by atoms with van der Waals surface area (Å²) in [7, 11) is 0. The second-order valence-corrected chi connectivity index (χ2v) is 6.47. The van der Waals surface area contributed by atoms with E-state index in [0.29, 0.717) is 12.1 Å². The number of ether oxygens (including phenoxy) is 1. The molecule has 0 saturated carbocycles. The summed E-state index contributed by atoms with van der Waals surface area (Å²) in [6.07, 6.45) is 2.50. The van der Waals surface area contributed by atoms with Crippen molar-refractivity contribution in [3.63, 3.8) is 0 Å². The van der Waals surface area contributed by atoms with Crippen LogP contribution in [0.5, 0.6) is 5.75 Å². The normalized spacial score (nSPS) is 23.8. The van der Waals surface area contributed by atoms with Crippen molar-refractivity contribution in [3.05, 3.63) is 28.7 Å². The van der Waals surface area contributed by atoms with Gasteiger partial charge < -0.3 is 10.1 Å². The molecule has 1 N–H and O–H groups in total. The van der Waals surface area contributed by atoms with Gasteiger partial charge in [-0.05, 0) is 31.5 Å². The fourth-order valence-electron chi connectivity index (χ4n) is 2.76. The summed E-state index contributed by atoms with van der Waals surface area (Å²) in [6, 6.07) is 9.28. The van der Waals surface area contributed by atoms with Gasteiger partial charge in [0.25, 0.3) is 0 Å². The lowest BCUT2D eigenvalue weighted by molar-refractivity contribution is 0.107. The molecule has 2 rings (SSSR count). The molecule has 0 aromatic heterocycles. The molecule has 1 saturated heterocycles. The Labute approximate surface area is 130 Å². The van der Waals surface area contributed by atoms with E-state index in [1.165, 1.54) is 12.8 Å². The molecular weight excluding hydrogens is 316 g/mol. The minimum atomic E-state index is 0.578. The molecule has 3 nitrogen and oxygen atoms in total. The van der Waals surface area contributed by atoms with Crippen molar-refractivity contribution in [3.8, 4) is 5.75 Å². The summed E-state index contributed by atoms with van der Waals surface area (Å²) in [4.78, 5) is 2.57. The number of benzene rings is 1. The highest BCUT2D eigenvalue weighted by atomic mass is 79.9. The summed E-state index contributed by atoms with van der Waals surface area (Å²) in [5, 5.41) is 3.57. The van der Waals surface area contributed by atoms with Crippen LogP contribution in [0.15, 0.2) is 28.7 Å². The largest absolute Gasteiger partial charge is 0.492 e. The quantitative estimate of drug-likeness (QED) is 0.859. The zero-order valence-corrected chi connectivity index (χ0v) is 14.0. The third kappa shape index (κ3) is 4.76. The number of hydrogen-bond donors (Lipinski definition) is 1. The number of nitrogens with one attached hydrogen (secondary N) is 1. The molecule has 0 spiro atoms. The van der Waals surface area contributed by atoms with Crippen LogP contribution in [0.4, 0.5) is 0 Å². The molecule has 20 heavy (non-hydrogen) atoms. The zero-order valence-electron chi connectivity index (χ0n) is 12.4. The molecule has 0 radical (unpaired) electrons. The Morgan fingerprint density at radius 2 is 2.30 bits per heavy atom. The van der Waals surface area contributed by atoms with Crippen LogP contribution in [0.25, 0.3) is 0 Å². The van der Waals surface area contributed by atoms with Crippen LogP contribution < -0.4 is 10.1 Å². The maximum Gasteiger partial charge on any atom is 0.120 e. The first-order chi connectivity index (χ1) is 9.69. The van der Waals surface area contributed by atoms with E-state index in [9.17, 15) is 0 Å². The van der Waals surface area contributed by atoms with E-state index < -0.39 is 0 Å². The van der Waals surface area contributed by atoms with Crippen molar-refractivity contribution < 1.29 is 4.74 Å². The predicted molar refractivity (Wildman–Crippen MR) is 87.4 cm³/mol. The van der Waals surface area contributed by atoms with E-state index in [-0.39, 0.29) is 0 Å². The van der Waals surface area contributed by atoms with Crippen LogP contribution >= 0.6 is 15.9 Å². The molecule has 0 bridgehead atoms. The van der Waals surface area contributed by atoms with Crippen LogP contribution in [-0.2, 0) is 0 Å². The first-order valence-electron chi connectivity index (χ1n) is 7.55. The summed E-state index contributed by atoms with van der Waals surface area (Å²) >= 11 is 3.47. The lowest BCUT2D eigenvalue weighted by Gasteiger charge is -2.39. The fourth-order valence-corrected chi connectivity index (χ4v) is 3.14. The molecule has 2 atom stereocenters. The first-order valence-corrected chi connectivity index (χ1v) is 8.34. The average Bonchev–Trinajstić information content (AvgIpc) is 2.42. The van der Waals surface area contributed by atoms with Gasteiger partial charge in [0.2, 0.25) is 0 Å². The van der Waals surface area contributed by atoms with Gasteiger partial charge in [0.1, 0.15) is 12.4 Å². The van der Waals surface area contributed by atoms with Gasteiger partial charge in [0.15, 0.2) is 0 Å². The lowest BCUT2D eigenvalue weighted by Crippen LogP contribution is -2.56. The smallest absolute Gasteiger partial charge is 0.120 e. The van der Waals surface area contributed by atoms with Gasteiger partial charge >= 0.3 is 0 Å². The van der Waals surface area contributed by atoms with Gasteiger partial charge in [-0.1, -0.05) is 35.3 Å². The monoisotopic (exact) mass is 340 g/mol. The van der Waals surface area contributed by atoms with Crippen molar-refractivity contribution in [1.82, 2.24) is 10.2 Å². The zero-order chi connectivity index (χ0) is 14.4. The predicted octanol–water partition coefficient (Wildman–Crippen LogP) is 3.29. The van der Waals surface area contributed by atoms with E-state index >= 15 is 0 Å². The molecule has 1 aliphatic heterocycles. The summed E-state index contributed by atoms with van der Waals surface area (Å²) in [6.45, 7) is 8.49. The topological polar surface area (TPSA) is 24.5 Å². The Hall–Kier alpha value is -0.580. The molecule has 1 aromatic carbocycles. The Morgan fingerprint density at radius 1 is 1.45 bits per heavy atom. The third-order valence-corrected chi connectivity index (χ3v) is 4.29. The van der Waals surface area contributed by atoms with Crippen LogP contribution in [-0.4, -0.2) is 43.2 Å². The molecule has 112 valence electrons. The number of nitrogens with zero attached hydrogens (tertiary/aromatic N) is 1. The highest BCUT2D eigenvalue weighted by Gasteiger charge is 2.24. The second-order valence-electron chi connectivity index (χ2n) is 5.55. The number of halogens is 1. The van der Waals surface area contributed by atoms with E-state index in [4.69, 9.17) is 4.74 Å². The minimum Gasteiger partial charge on any atom is -0.492 e. The van der Waals surface area contributed by atoms with Gasteiger partial charge in [0.05, 0.1) is 0 Å². The first kappa shape index (κ1) is 15.8. The minimum absolute atomic E-state index is 0.578. The maximum absolute atomic E-state index is 5.86. The van der Waals surface area contributed by atoms with Crippen molar-refractivity contribution in [2.75, 3.05) is 26.2 Å². The molecule has 4 heteroatoms. The highest BCUT2D eigenvalue weighted by Crippen LogP contribution is 2.18. The molecule has 1 fully saturated rings. The van der Waals surface area contributed by atoms with E-state index in [1.807, 2.05) is 24.3 Å². The Balaban J connectivity index is 1.81. The molecule has 1 aromatic rings. The summed E-state index contributed by atoms with van der Waals surface area (Å²) in [5.74, 6) is 0.939. The van der Waals surface area contributed by atoms with Gasteiger partial charge in [-0.25, -0.2) is 0 Å². The summed E-state index contributed by atoms with van der Waals surface area (Å²) in [5.41, 5.74) is 0. The SMILES string of the molecule is CCCC1CNC(C)CN1CCOc1cccc(Br)c1. The molecule has 1 heterocycles. The van der Waals surface area contributed by atoms with Crippen molar-refractivity contribution in [2.45, 2.75) is 38.8 Å². The number of rotatable bonds is 6. The Bertz CT molecular complexity index is 413. The molecular formula is C16H25BrN2O. The summed E-state index contributed by atoms with van der Waals surface area (Å²) < 4.78 is 6.92. The van der Waals surface area contributed by atoms with Crippen molar-refractivity contribution >= 4 is 15.9 Å². The molecule has 0 amide bonds. The van der Waals surface area contributed by atoms with E-state index in [2.05, 4.69) is 40.0 Å². The van der Waals surface area contributed by atoms with E-state index in [1.54, 1.807) is 0 Å². The lowest BCUT2D eigenvalue weighted by atomic mass is 10.1. The standard InChI is InChI=1S/C16H25BrN2O/c1-3-5-15-11-18-13(2)12-19(15)8-9-20-16-7-4-6-14(17)10-16/h4,6-7,10,13,15,18H,3,5,8-9,11-12H2,1-2H3. The Morgan fingerprint density at radius 3 is 3.05 bits per heavy atom. The van der Waals surface area contributed by atoms with Crippen LogP contribution in [0.1, 0.15) is 26.7 Å². The van der Waals surface area contributed by atoms with Gasteiger partial charge in [-0.15, -0.1) is 0 Å². The fraction of sp³-hybridized carbons (Fsp3) is 0.625. The molecule has 0 aliphatic carbocycles. The van der Waals surface area contributed by atoms with Crippen LogP contribution in [0, 0.1) is 0 Å². The van der Waals surface area contributed by atoms with Crippen molar-refractivity contribution in [1.29, 1.82) is 0 Å². The second kappa shape index (κ2) is 8.01. The van der Waals surface area contributed by atoms with Crippen molar-refractivity contribution in [2.24, 2.45) is 0 Å². The average molecular weight is 341 g/mol. The van der Waals surface area contributed by atoms with E-state index in [0.717, 1.165) is 36.5 Å². The number of piperazine rings is 1. The van der Waals surface area contributed by atoms with Crippen LogP contribution in [0.2, 0.25) is 0 Å².